The van der Waals surface area contributed by atoms with Crippen molar-refractivity contribution in [1.82, 2.24) is 4.90 Å². The van der Waals surface area contributed by atoms with Crippen molar-refractivity contribution < 1.29 is 9.59 Å². The first-order valence-corrected chi connectivity index (χ1v) is 6.10. The van der Waals surface area contributed by atoms with E-state index in [1.807, 2.05) is 7.05 Å². The van der Waals surface area contributed by atoms with Crippen LogP contribution in [-0.4, -0.2) is 30.3 Å². The average molecular weight is 228 g/mol. The molecule has 0 unspecified atom stereocenters. The number of primary amides is 1. The highest BCUT2D eigenvalue weighted by Crippen LogP contribution is 2.05. The quantitative estimate of drug-likeness (QED) is 0.610. The number of nitrogens with zero attached hydrogens (tertiary/aromatic N) is 1. The Bertz CT molecular complexity index is 217. The van der Waals surface area contributed by atoms with Gasteiger partial charge in [-0.1, -0.05) is 19.8 Å². The molecule has 4 nitrogen and oxygen atoms in total. The topological polar surface area (TPSA) is 63.4 Å². The third-order valence-electron chi connectivity index (χ3n) is 2.59. The Kier molecular flexibility index (Phi) is 8.58. The summed E-state index contributed by atoms with van der Waals surface area (Å²) in [7, 11) is 1.85. The molecule has 4 heteroatoms. The van der Waals surface area contributed by atoms with Crippen LogP contribution in [0, 0.1) is 0 Å². The van der Waals surface area contributed by atoms with Crippen LogP contribution in [0.5, 0.6) is 0 Å². The molecule has 0 saturated carbocycles. The lowest BCUT2D eigenvalue weighted by Crippen LogP contribution is -2.27. The van der Waals surface area contributed by atoms with Crippen LogP contribution < -0.4 is 5.73 Å². The van der Waals surface area contributed by atoms with E-state index < -0.39 is 0 Å². The first-order valence-electron chi connectivity index (χ1n) is 6.10. The zero-order chi connectivity index (χ0) is 12.4. The van der Waals surface area contributed by atoms with Crippen molar-refractivity contribution >= 4 is 11.8 Å². The van der Waals surface area contributed by atoms with Gasteiger partial charge in [0.25, 0.3) is 0 Å². The fraction of sp³-hybridized carbons (Fsp3) is 0.833. The maximum absolute atomic E-state index is 11.6. The van der Waals surface area contributed by atoms with Gasteiger partial charge in [-0.05, 0) is 19.3 Å². The minimum Gasteiger partial charge on any atom is -0.370 e. The van der Waals surface area contributed by atoms with Crippen LogP contribution in [0.4, 0.5) is 0 Å². The van der Waals surface area contributed by atoms with Crippen molar-refractivity contribution in [1.29, 1.82) is 0 Å². The molecule has 0 rings (SSSR count). The SMILES string of the molecule is CCCCN(C)C(=O)CCCCCC(N)=O. The van der Waals surface area contributed by atoms with Crippen molar-refractivity contribution in [3.8, 4) is 0 Å². The lowest BCUT2D eigenvalue weighted by atomic mass is 10.1. The Morgan fingerprint density at radius 2 is 1.69 bits per heavy atom. The molecule has 16 heavy (non-hydrogen) atoms. The van der Waals surface area contributed by atoms with Gasteiger partial charge in [-0.2, -0.15) is 0 Å². The lowest BCUT2D eigenvalue weighted by molar-refractivity contribution is -0.130. The van der Waals surface area contributed by atoms with E-state index in [1.54, 1.807) is 4.90 Å². The van der Waals surface area contributed by atoms with Gasteiger partial charge in [-0.25, -0.2) is 0 Å². The normalized spacial score (nSPS) is 10.1. The monoisotopic (exact) mass is 228 g/mol. The zero-order valence-electron chi connectivity index (χ0n) is 10.5. The molecule has 0 aliphatic carbocycles. The summed E-state index contributed by atoms with van der Waals surface area (Å²) in [5.41, 5.74) is 5.02. The van der Waals surface area contributed by atoms with Gasteiger partial charge in [0, 0.05) is 26.4 Å². The second-order valence-electron chi connectivity index (χ2n) is 4.20. The number of rotatable bonds is 9. The number of amides is 2. The summed E-state index contributed by atoms with van der Waals surface area (Å²) in [4.78, 5) is 23.8. The van der Waals surface area contributed by atoms with E-state index >= 15 is 0 Å². The molecule has 2 N–H and O–H groups in total. The van der Waals surface area contributed by atoms with E-state index in [-0.39, 0.29) is 11.8 Å². The Morgan fingerprint density at radius 1 is 1.06 bits per heavy atom. The average Bonchev–Trinajstić information content (AvgIpc) is 2.24. The Hall–Kier alpha value is -1.06. The predicted molar refractivity (Wildman–Crippen MR) is 64.8 cm³/mol. The first-order chi connectivity index (χ1) is 7.57. The van der Waals surface area contributed by atoms with Gasteiger partial charge in [-0.3, -0.25) is 9.59 Å². The highest BCUT2D eigenvalue weighted by molar-refractivity contribution is 5.75. The lowest BCUT2D eigenvalue weighted by Gasteiger charge is -2.16. The van der Waals surface area contributed by atoms with E-state index in [9.17, 15) is 9.59 Å². The maximum Gasteiger partial charge on any atom is 0.222 e. The number of hydrogen-bond donors (Lipinski definition) is 1. The van der Waals surface area contributed by atoms with Gasteiger partial charge in [0.05, 0.1) is 0 Å². The molecular weight excluding hydrogens is 204 g/mol. The van der Waals surface area contributed by atoms with Crippen LogP contribution in [0.1, 0.15) is 51.9 Å². The Morgan fingerprint density at radius 3 is 2.25 bits per heavy atom. The number of carbonyl (C=O) groups excluding carboxylic acids is 2. The zero-order valence-corrected chi connectivity index (χ0v) is 10.5. The van der Waals surface area contributed by atoms with Gasteiger partial charge in [-0.15, -0.1) is 0 Å². The third kappa shape index (κ3) is 8.26. The number of hydrogen-bond acceptors (Lipinski definition) is 2. The summed E-state index contributed by atoms with van der Waals surface area (Å²) in [6.07, 6.45) is 5.72. The number of nitrogens with two attached hydrogens (primary N) is 1. The van der Waals surface area contributed by atoms with Gasteiger partial charge in [0.15, 0.2) is 0 Å². The minimum absolute atomic E-state index is 0.201. The van der Waals surface area contributed by atoms with E-state index in [0.717, 1.165) is 38.6 Å². The molecule has 0 saturated heterocycles. The van der Waals surface area contributed by atoms with Crippen LogP contribution >= 0.6 is 0 Å². The summed E-state index contributed by atoms with van der Waals surface area (Å²) in [5.74, 6) is -0.0566. The predicted octanol–water partition coefficient (Wildman–Crippen LogP) is 1.68. The molecule has 0 fully saturated rings. The Labute approximate surface area is 98.2 Å². The van der Waals surface area contributed by atoms with E-state index in [0.29, 0.717) is 12.8 Å². The molecule has 0 aliphatic rings. The highest BCUT2D eigenvalue weighted by atomic mass is 16.2. The fourth-order valence-corrected chi connectivity index (χ4v) is 1.46. The molecule has 0 atom stereocenters. The molecule has 0 aromatic heterocycles. The van der Waals surface area contributed by atoms with E-state index in [1.165, 1.54) is 0 Å². The summed E-state index contributed by atoms with van der Waals surface area (Å²) >= 11 is 0. The largest absolute Gasteiger partial charge is 0.370 e. The van der Waals surface area contributed by atoms with Crippen molar-refractivity contribution in [2.75, 3.05) is 13.6 Å². The highest BCUT2D eigenvalue weighted by Gasteiger charge is 2.07. The minimum atomic E-state index is -0.258. The summed E-state index contributed by atoms with van der Waals surface area (Å²) in [5, 5.41) is 0. The maximum atomic E-state index is 11.6. The fourth-order valence-electron chi connectivity index (χ4n) is 1.46. The van der Waals surface area contributed by atoms with Crippen molar-refractivity contribution in [2.45, 2.75) is 51.9 Å². The van der Waals surface area contributed by atoms with E-state index in [2.05, 4.69) is 6.92 Å². The molecule has 0 aromatic carbocycles. The van der Waals surface area contributed by atoms with Crippen LogP contribution in [0.15, 0.2) is 0 Å². The standard InChI is InChI=1S/C12H24N2O2/c1-3-4-10-14(2)12(16)9-7-5-6-8-11(13)15/h3-10H2,1-2H3,(H2,13,15). The smallest absolute Gasteiger partial charge is 0.222 e. The molecule has 0 spiro atoms. The van der Waals surface area contributed by atoms with Gasteiger partial charge in [0.2, 0.25) is 11.8 Å². The summed E-state index contributed by atoms with van der Waals surface area (Å²) in [6, 6.07) is 0. The Balaban J connectivity index is 3.45. The third-order valence-corrected chi connectivity index (χ3v) is 2.59. The van der Waals surface area contributed by atoms with Crippen LogP contribution in [-0.2, 0) is 9.59 Å². The van der Waals surface area contributed by atoms with Gasteiger partial charge < -0.3 is 10.6 Å². The number of carbonyl (C=O) groups is 2. The molecule has 0 radical (unpaired) electrons. The van der Waals surface area contributed by atoms with Crippen molar-refractivity contribution in [3.63, 3.8) is 0 Å². The van der Waals surface area contributed by atoms with Crippen LogP contribution in [0.3, 0.4) is 0 Å². The summed E-state index contributed by atoms with van der Waals surface area (Å²) in [6.45, 7) is 2.96. The molecule has 0 aromatic rings. The molecule has 0 heterocycles. The van der Waals surface area contributed by atoms with Gasteiger partial charge >= 0.3 is 0 Å². The number of unbranched alkanes of at least 4 members (excludes halogenated alkanes) is 3. The second-order valence-corrected chi connectivity index (χ2v) is 4.20. The molecule has 2 amide bonds. The van der Waals surface area contributed by atoms with Crippen molar-refractivity contribution in [3.05, 3.63) is 0 Å². The summed E-state index contributed by atoms with van der Waals surface area (Å²) < 4.78 is 0. The van der Waals surface area contributed by atoms with Crippen LogP contribution in [0.25, 0.3) is 0 Å². The van der Waals surface area contributed by atoms with Crippen molar-refractivity contribution in [2.24, 2.45) is 5.73 Å². The molecule has 94 valence electrons. The second kappa shape index (κ2) is 9.19. The molecule has 0 bridgehead atoms. The van der Waals surface area contributed by atoms with Crippen LogP contribution in [0.2, 0.25) is 0 Å². The van der Waals surface area contributed by atoms with Gasteiger partial charge in [0.1, 0.15) is 0 Å². The molecular formula is C12H24N2O2. The molecule has 0 aliphatic heterocycles. The first kappa shape index (κ1) is 14.9. The van der Waals surface area contributed by atoms with E-state index in [4.69, 9.17) is 5.73 Å².